The van der Waals surface area contributed by atoms with E-state index in [0.717, 1.165) is 19.4 Å². The molecule has 2 rings (SSSR count). The van der Waals surface area contributed by atoms with Gasteiger partial charge >= 0.3 is 12.0 Å². The lowest BCUT2D eigenvalue weighted by Gasteiger charge is -2.26. The first kappa shape index (κ1) is 20.3. The van der Waals surface area contributed by atoms with Crippen molar-refractivity contribution in [3.8, 4) is 5.75 Å². The molecule has 26 heavy (non-hydrogen) atoms. The molecule has 1 aliphatic rings. The van der Waals surface area contributed by atoms with Gasteiger partial charge in [-0.1, -0.05) is 11.6 Å². The molecule has 144 valence electrons. The molecule has 0 radical (unpaired) electrons. The van der Waals surface area contributed by atoms with Gasteiger partial charge in [0.15, 0.2) is 0 Å². The van der Waals surface area contributed by atoms with Crippen LogP contribution in [0.25, 0.3) is 0 Å². The topological polar surface area (TPSA) is 96.9 Å². The summed E-state index contributed by atoms with van der Waals surface area (Å²) in [6.45, 7) is 4.68. The number of hydrogen-bond acceptors (Lipinski definition) is 4. The number of halogens is 1. The third-order valence-corrected chi connectivity index (χ3v) is 4.29. The molecule has 7 nitrogen and oxygen atoms in total. The zero-order valence-electron chi connectivity index (χ0n) is 15.0. The minimum atomic E-state index is -0.903. The van der Waals surface area contributed by atoms with E-state index in [1.54, 1.807) is 32.0 Å². The summed E-state index contributed by atoms with van der Waals surface area (Å²) in [6, 6.07) is 4.54. The molecule has 0 aliphatic carbocycles. The van der Waals surface area contributed by atoms with Crippen LogP contribution in [0, 0.1) is 0 Å². The van der Waals surface area contributed by atoms with Crippen LogP contribution in [0.1, 0.15) is 39.5 Å². The number of anilines is 1. The number of ether oxygens (including phenoxy) is 2. The van der Waals surface area contributed by atoms with Gasteiger partial charge in [-0.05, 0) is 51.3 Å². The zero-order valence-corrected chi connectivity index (χ0v) is 15.8. The van der Waals surface area contributed by atoms with E-state index in [1.165, 1.54) is 0 Å². The molecular formula is C18H25ClN2O5. The van der Waals surface area contributed by atoms with Crippen molar-refractivity contribution in [1.82, 2.24) is 5.32 Å². The Labute approximate surface area is 158 Å². The van der Waals surface area contributed by atoms with Gasteiger partial charge in [0.05, 0.1) is 11.8 Å². The average molecular weight is 385 g/mol. The van der Waals surface area contributed by atoms with Gasteiger partial charge in [0, 0.05) is 23.6 Å². The highest BCUT2D eigenvalue weighted by atomic mass is 35.5. The van der Waals surface area contributed by atoms with Crippen LogP contribution in [0.15, 0.2) is 18.2 Å². The SMILES string of the molecule is CC(C)(CCC(=O)O)NC(=O)Nc1cc(Cl)ccc1OCC1CCCO1. The summed E-state index contributed by atoms with van der Waals surface area (Å²) < 4.78 is 11.3. The van der Waals surface area contributed by atoms with Crippen molar-refractivity contribution in [1.29, 1.82) is 0 Å². The van der Waals surface area contributed by atoms with Crippen LogP contribution in [0.2, 0.25) is 5.02 Å². The van der Waals surface area contributed by atoms with E-state index in [0.29, 0.717) is 29.5 Å². The molecule has 0 aromatic heterocycles. The Morgan fingerprint density at radius 1 is 1.42 bits per heavy atom. The number of carbonyl (C=O) groups is 2. The maximum absolute atomic E-state index is 12.3. The van der Waals surface area contributed by atoms with Crippen molar-refractivity contribution in [3.63, 3.8) is 0 Å². The first-order valence-electron chi connectivity index (χ1n) is 8.60. The molecule has 1 aromatic rings. The number of benzene rings is 1. The molecular weight excluding hydrogens is 360 g/mol. The van der Waals surface area contributed by atoms with Crippen LogP contribution < -0.4 is 15.4 Å². The lowest BCUT2D eigenvalue weighted by atomic mass is 9.99. The molecule has 2 amide bonds. The maximum Gasteiger partial charge on any atom is 0.319 e. The highest BCUT2D eigenvalue weighted by molar-refractivity contribution is 6.31. The van der Waals surface area contributed by atoms with Crippen LogP contribution in [0.5, 0.6) is 5.75 Å². The molecule has 1 saturated heterocycles. The second-order valence-electron chi connectivity index (χ2n) is 6.94. The fraction of sp³-hybridized carbons (Fsp3) is 0.556. The van der Waals surface area contributed by atoms with E-state index in [1.807, 2.05) is 0 Å². The molecule has 1 aliphatic heterocycles. The summed E-state index contributed by atoms with van der Waals surface area (Å²) in [7, 11) is 0. The van der Waals surface area contributed by atoms with Crippen LogP contribution >= 0.6 is 11.6 Å². The number of hydrogen-bond donors (Lipinski definition) is 3. The smallest absolute Gasteiger partial charge is 0.319 e. The summed E-state index contributed by atoms with van der Waals surface area (Å²) in [6.07, 6.45) is 2.32. The Morgan fingerprint density at radius 3 is 2.85 bits per heavy atom. The van der Waals surface area contributed by atoms with Crippen LogP contribution in [0.3, 0.4) is 0 Å². The van der Waals surface area contributed by atoms with Gasteiger partial charge in [-0.2, -0.15) is 0 Å². The zero-order chi connectivity index (χ0) is 19.2. The highest BCUT2D eigenvalue weighted by Crippen LogP contribution is 2.29. The lowest BCUT2D eigenvalue weighted by molar-refractivity contribution is -0.137. The fourth-order valence-electron chi connectivity index (χ4n) is 2.63. The van der Waals surface area contributed by atoms with Crippen molar-refractivity contribution >= 4 is 29.3 Å². The number of carbonyl (C=O) groups excluding carboxylic acids is 1. The Bertz CT molecular complexity index is 644. The molecule has 0 bridgehead atoms. The van der Waals surface area contributed by atoms with Gasteiger partial charge < -0.3 is 25.2 Å². The van der Waals surface area contributed by atoms with Gasteiger partial charge in [0.2, 0.25) is 0 Å². The Balaban J connectivity index is 1.96. The third-order valence-electron chi connectivity index (χ3n) is 4.05. The van der Waals surface area contributed by atoms with Crippen LogP contribution in [0.4, 0.5) is 10.5 Å². The second kappa shape index (κ2) is 9.09. The first-order valence-corrected chi connectivity index (χ1v) is 8.98. The number of carboxylic acid groups (broad SMARTS) is 1. The number of amides is 2. The van der Waals surface area contributed by atoms with E-state index in [4.69, 9.17) is 26.2 Å². The van der Waals surface area contributed by atoms with Crippen LogP contribution in [-0.4, -0.2) is 42.0 Å². The largest absolute Gasteiger partial charge is 0.489 e. The first-order chi connectivity index (χ1) is 12.2. The number of rotatable bonds is 8. The quantitative estimate of drug-likeness (QED) is 0.635. The van der Waals surface area contributed by atoms with E-state index in [9.17, 15) is 9.59 Å². The lowest BCUT2D eigenvalue weighted by Crippen LogP contribution is -2.45. The molecule has 1 fully saturated rings. The second-order valence-corrected chi connectivity index (χ2v) is 7.38. The molecule has 1 atom stereocenters. The van der Waals surface area contributed by atoms with Gasteiger partial charge in [-0.3, -0.25) is 4.79 Å². The number of carboxylic acids is 1. The summed E-state index contributed by atoms with van der Waals surface area (Å²) >= 11 is 6.03. The summed E-state index contributed by atoms with van der Waals surface area (Å²) in [5.41, 5.74) is -0.221. The Hall–Kier alpha value is -1.99. The standard InChI is InChI=1S/C18H25ClN2O5/c1-18(2,8-7-16(22)23)21-17(24)20-14-10-12(19)5-6-15(14)26-11-13-4-3-9-25-13/h5-6,10,13H,3-4,7-9,11H2,1-2H3,(H,22,23)(H2,20,21,24). The van der Waals surface area contributed by atoms with Crippen LogP contribution in [-0.2, 0) is 9.53 Å². The van der Waals surface area contributed by atoms with Gasteiger partial charge in [0.25, 0.3) is 0 Å². The molecule has 8 heteroatoms. The maximum atomic E-state index is 12.3. The van der Waals surface area contributed by atoms with E-state index < -0.39 is 17.5 Å². The summed E-state index contributed by atoms with van der Waals surface area (Å²) in [4.78, 5) is 23.0. The monoisotopic (exact) mass is 384 g/mol. The molecule has 0 spiro atoms. The summed E-state index contributed by atoms with van der Waals surface area (Å²) in [5, 5.41) is 14.7. The number of aliphatic carboxylic acids is 1. The normalized spacial score (nSPS) is 17.0. The minimum Gasteiger partial charge on any atom is -0.489 e. The predicted octanol–water partition coefficient (Wildman–Crippen LogP) is 3.66. The molecule has 1 heterocycles. The highest BCUT2D eigenvalue weighted by Gasteiger charge is 2.22. The summed E-state index contributed by atoms with van der Waals surface area (Å²) in [5.74, 6) is -0.400. The van der Waals surface area contributed by atoms with Crippen molar-refractivity contribution in [3.05, 3.63) is 23.2 Å². The van der Waals surface area contributed by atoms with E-state index >= 15 is 0 Å². The molecule has 1 unspecified atom stereocenters. The molecule has 3 N–H and O–H groups in total. The Kier molecular flexibility index (Phi) is 7.11. The van der Waals surface area contributed by atoms with E-state index in [-0.39, 0.29) is 12.5 Å². The fourth-order valence-corrected chi connectivity index (χ4v) is 2.80. The third kappa shape index (κ3) is 6.72. The van der Waals surface area contributed by atoms with E-state index in [2.05, 4.69) is 10.6 Å². The predicted molar refractivity (Wildman–Crippen MR) is 99.0 cm³/mol. The number of nitrogens with one attached hydrogen (secondary N) is 2. The van der Waals surface area contributed by atoms with Crippen molar-refractivity contribution < 1.29 is 24.2 Å². The van der Waals surface area contributed by atoms with Gasteiger partial charge in [0.1, 0.15) is 12.4 Å². The molecule has 1 aromatic carbocycles. The van der Waals surface area contributed by atoms with Crippen molar-refractivity contribution in [2.24, 2.45) is 0 Å². The number of urea groups is 1. The van der Waals surface area contributed by atoms with Crippen molar-refractivity contribution in [2.45, 2.75) is 51.2 Å². The average Bonchev–Trinajstić information content (AvgIpc) is 3.05. The van der Waals surface area contributed by atoms with Gasteiger partial charge in [-0.25, -0.2) is 4.79 Å². The molecule has 0 saturated carbocycles. The van der Waals surface area contributed by atoms with Gasteiger partial charge in [-0.15, -0.1) is 0 Å². The minimum absolute atomic E-state index is 0.0276. The Morgan fingerprint density at radius 2 is 2.19 bits per heavy atom. The van der Waals surface area contributed by atoms with Crippen molar-refractivity contribution in [2.75, 3.05) is 18.5 Å².